The van der Waals surface area contributed by atoms with Crippen LogP contribution < -0.4 is 0 Å². The van der Waals surface area contributed by atoms with Crippen molar-refractivity contribution in [2.45, 2.75) is 19.8 Å². The van der Waals surface area contributed by atoms with E-state index in [0.29, 0.717) is 0 Å². The van der Waals surface area contributed by atoms with Crippen molar-refractivity contribution < 1.29 is 0 Å². The summed E-state index contributed by atoms with van der Waals surface area (Å²) in [5.41, 5.74) is 3.65. The minimum Gasteiger partial charge on any atom is -0.283 e. The van der Waals surface area contributed by atoms with E-state index in [1.807, 2.05) is 13.0 Å². The van der Waals surface area contributed by atoms with Crippen LogP contribution in [0.4, 0.5) is 0 Å². The first-order valence-corrected chi connectivity index (χ1v) is 4.89. The second-order valence-corrected chi connectivity index (χ2v) is 3.53. The molecule has 2 heteroatoms. The number of H-pyrrole nitrogens is 1. The first-order valence-electron chi connectivity index (χ1n) is 4.89. The first-order chi connectivity index (χ1) is 6.84. The Balaban J connectivity index is 1.95. The van der Waals surface area contributed by atoms with Gasteiger partial charge in [-0.3, -0.25) is 5.10 Å². The molecule has 14 heavy (non-hydrogen) atoms. The molecule has 0 saturated heterocycles. The zero-order valence-electron chi connectivity index (χ0n) is 8.33. The topological polar surface area (TPSA) is 28.7 Å². The van der Waals surface area contributed by atoms with Crippen molar-refractivity contribution in [1.29, 1.82) is 0 Å². The van der Waals surface area contributed by atoms with Gasteiger partial charge in [0.2, 0.25) is 0 Å². The van der Waals surface area contributed by atoms with E-state index in [1.54, 1.807) is 0 Å². The van der Waals surface area contributed by atoms with Crippen molar-refractivity contribution in [3.63, 3.8) is 0 Å². The second kappa shape index (κ2) is 4.09. The fraction of sp³-hybridized carbons (Fsp3) is 0.250. The molecule has 0 spiro atoms. The molecule has 1 N–H and O–H groups in total. The van der Waals surface area contributed by atoms with Crippen molar-refractivity contribution >= 4 is 0 Å². The molecule has 0 atom stereocenters. The van der Waals surface area contributed by atoms with Crippen LogP contribution in [0.1, 0.15) is 17.0 Å². The molecule has 1 heterocycles. The maximum Gasteiger partial charge on any atom is 0.0628 e. The van der Waals surface area contributed by atoms with Crippen molar-refractivity contribution in [3.8, 4) is 0 Å². The van der Waals surface area contributed by atoms with E-state index in [1.165, 1.54) is 5.56 Å². The Bertz CT molecular complexity index is 390. The smallest absolute Gasteiger partial charge is 0.0628 e. The molecular weight excluding hydrogens is 172 g/mol. The molecule has 2 aromatic rings. The lowest BCUT2D eigenvalue weighted by molar-refractivity contribution is 0.890. The quantitative estimate of drug-likeness (QED) is 0.783. The van der Waals surface area contributed by atoms with Crippen molar-refractivity contribution in [3.05, 3.63) is 53.3 Å². The predicted molar refractivity (Wildman–Crippen MR) is 57.2 cm³/mol. The third-order valence-corrected chi connectivity index (χ3v) is 2.27. The lowest BCUT2D eigenvalue weighted by atomic mass is 10.1. The summed E-state index contributed by atoms with van der Waals surface area (Å²) in [5, 5.41) is 7.16. The molecule has 2 nitrogen and oxygen atoms in total. The van der Waals surface area contributed by atoms with Gasteiger partial charge in [0.05, 0.1) is 5.69 Å². The highest BCUT2D eigenvalue weighted by molar-refractivity contribution is 5.17. The third kappa shape index (κ3) is 2.22. The van der Waals surface area contributed by atoms with E-state index in [0.717, 1.165) is 24.2 Å². The summed E-state index contributed by atoms with van der Waals surface area (Å²) >= 11 is 0. The molecule has 0 radical (unpaired) electrons. The SMILES string of the molecule is Cc1cc(CCc2ccccc2)n[nH]1. The maximum absolute atomic E-state index is 4.21. The molecule has 0 amide bonds. The van der Waals surface area contributed by atoms with Crippen LogP contribution in [0.2, 0.25) is 0 Å². The van der Waals surface area contributed by atoms with Crippen molar-refractivity contribution in [1.82, 2.24) is 10.2 Å². The van der Waals surface area contributed by atoms with Crippen LogP contribution in [-0.4, -0.2) is 10.2 Å². The Labute approximate surface area is 84.0 Å². The van der Waals surface area contributed by atoms with Crippen LogP contribution in [0.5, 0.6) is 0 Å². The van der Waals surface area contributed by atoms with Crippen LogP contribution in [0.3, 0.4) is 0 Å². The molecule has 2 rings (SSSR count). The molecule has 0 aliphatic rings. The zero-order valence-corrected chi connectivity index (χ0v) is 8.33. The van der Waals surface area contributed by atoms with Gasteiger partial charge >= 0.3 is 0 Å². The van der Waals surface area contributed by atoms with E-state index < -0.39 is 0 Å². The molecule has 0 saturated carbocycles. The average Bonchev–Trinajstić information content (AvgIpc) is 2.63. The first kappa shape index (κ1) is 9.00. The summed E-state index contributed by atoms with van der Waals surface area (Å²) in [6, 6.07) is 12.6. The summed E-state index contributed by atoms with van der Waals surface area (Å²) in [4.78, 5) is 0. The number of benzene rings is 1. The fourth-order valence-corrected chi connectivity index (χ4v) is 1.52. The summed E-state index contributed by atoms with van der Waals surface area (Å²) in [5.74, 6) is 0. The van der Waals surface area contributed by atoms with Gasteiger partial charge in [-0.1, -0.05) is 30.3 Å². The number of hydrogen-bond acceptors (Lipinski definition) is 1. The number of nitrogens with one attached hydrogen (secondary N) is 1. The Morgan fingerprint density at radius 1 is 1.14 bits per heavy atom. The number of aryl methyl sites for hydroxylation is 3. The van der Waals surface area contributed by atoms with Gasteiger partial charge in [-0.05, 0) is 31.4 Å². The second-order valence-electron chi connectivity index (χ2n) is 3.53. The summed E-state index contributed by atoms with van der Waals surface area (Å²) in [6.07, 6.45) is 2.07. The van der Waals surface area contributed by atoms with E-state index in [-0.39, 0.29) is 0 Å². The van der Waals surface area contributed by atoms with Crippen molar-refractivity contribution in [2.24, 2.45) is 0 Å². The number of aromatic nitrogens is 2. The van der Waals surface area contributed by atoms with Gasteiger partial charge in [0.25, 0.3) is 0 Å². The van der Waals surface area contributed by atoms with Gasteiger partial charge in [-0.2, -0.15) is 5.10 Å². The number of hydrogen-bond donors (Lipinski definition) is 1. The molecule has 0 fully saturated rings. The van der Waals surface area contributed by atoms with Crippen molar-refractivity contribution in [2.75, 3.05) is 0 Å². The molecule has 0 bridgehead atoms. The third-order valence-electron chi connectivity index (χ3n) is 2.27. The minimum absolute atomic E-state index is 1.01. The van der Waals surface area contributed by atoms with Crippen LogP contribution in [-0.2, 0) is 12.8 Å². The number of rotatable bonds is 3. The summed E-state index contributed by atoms with van der Waals surface area (Å²) in [7, 11) is 0. The molecule has 0 aliphatic carbocycles. The highest BCUT2D eigenvalue weighted by Gasteiger charge is 1.98. The molecule has 72 valence electrons. The van der Waals surface area contributed by atoms with Gasteiger partial charge < -0.3 is 0 Å². The largest absolute Gasteiger partial charge is 0.283 e. The summed E-state index contributed by atoms with van der Waals surface area (Å²) in [6.45, 7) is 2.03. The monoisotopic (exact) mass is 186 g/mol. The van der Waals surface area contributed by atoms with Gasteiger partial charge in [-0.25, -0.2) is 0 Å². The van der Waals surface area contributed by atoms with Gasteiger partial charge in [-0.15, -0.1) is 0 Å². The Kier molecular flexibility index (Phi) is 2.63. The van der Waals surface area contributed by atoms with Crippen LogP contribution in [0, 0.1) is 6.92 Å². The van der Waals surface area contributed by atoms with Crippen LogP contribution in [0.25, 0.3) is 0 Å². The van der Waals surface area contributed by atoms with Gasteiger partial charge in [0, 0.05) is 5.69 Å². The molecule has 0 aliphatic heterocycles. The fourth-order valence-electron chi connectivity index (χ4n) is 1.52. The zero-order chi connectivity index (χ0) is 9.80. The number of aromatic amines is 1. The molecule has 1 aromatic heterocycles. The molecule has 0 unspecified atom stereocenters. The van der Waals surface area contributed by atoms with Crippen LogP contribution in [0.15, 0.2) is 36.4 Å². The minimum atomic E-state index is 1.01. The van der Waals surface area contributed by atoms with E-state index in [9.17, 15) is 0 Å². The molecule has 1 aromatic carbocycles. The lowest BCUT2D eigenvalue weighted by Gasteiger charge is -1.97. The van der Waals surface area contributed by atoms with E-state index >= 15 is 0 Å². The summed E-state index contributed by atoms with van der Waals surface area (Å²) < 4.78 is 0. The maximum atomic E-state index is 4.21. The predicted octanol–water partition coefficient (Wildman–Crippen LogP) is 2.50. The molecular formula is C12H14N2. The Morgan fingerprint density at radius 2 is 1.93 bits per heavy atom. The van der Waals surface area contributed by atoms with E-state index in [4.69, 9.17) is 0 Å². The van der Waals surface area contributed by atoms with Gasteiger partial charge in [0.1, 0.15) is 0 Å². The highest BCUT2D eigenvalue weighted by Crippen LogP contribution is 2.05. The van der Waals surface area contributed by atoms with Crippen LogP contribution >= 0.6 is 0 Å². The normalized spacial score (nSPS) is 10.4. The highest BCUT2D eigenvalue weighted by atomic mass is 15.1. The number of nitrogens with zero attached hydrogens (tertiary/aromatic N) is 1. The van der Waals surface area contributed by atoms with Gasteiger partial charge in [0.15, 0.2) is 0 Å². The Morgan fingerprint density at radius 3 is 2.57 bits per heavy atom. The Hall–Kier alpha value is -1.57. The lowest BCUT2D eigenvalue weighted by Crippen LogP contribution is -1.90. The van der Waals surface area contributed by atoms with E-state index in [2.05, 4.69) is 40.5 Å². The standard InChI is InChI=1S/C12H14N2/c1-10-9-12(14-13-10)8-7-11-5-3-2-4-6-11/h2-6,9H,7-8H2,1H3,(H,13,14). The average molecular weight is 186 g/mol.